The van der Waals surface area contributed by atoms with Crippen molar-refractivity contribution in [2.75, 3.05) is 0 Å². The number of aliphatic imine (C=N–C) groups is 1. The van der Waals surface area contributed by atoms with Crippen molar-refractivity contribution in [1.82, 2.24) is 0 Å². The predicted molar refractivity (Wildman–Crippen MR) is 50.3 cm³/mol. The van der Waals surface area contributed by atoms with Crippen LogP contribution in [0.5, 0.6) is 0 Å². The number of nitrogens with zero attached hydrogens (tertiary/aromatic N) is 1. The van der Waals surface area contributed by atoms with Crippen LogP contribution in [0, 0.1) is 0 Å². The van der Waals surface area contributed by atoms with E-state index in [0.29, 0.717) is 6.42 Å². The van der Waals surface area contributed by atoms with Crippen LogP contribution in [0.3, 0.4) is 0 Å². The van der Waals surface area contributed by atoms with Crippen molar-refractivity contribution >= 4 is 12.1 Å². The minimum Gasteiger partial charge on any atom is -0.273 e. The van der Waals surface area contributed by atoms with E-state index in [-0.39, 0.29) is 5.91 Å². The SMILES string of the molecule is CCC/C1=C/C=N\C(=O)CCC1. The van der Waals surface area contributed by atoms with Crippen LogP contribution in [0.15, 0.2) is 16.6 Å². The normalized spacial score (nSPS) is 25.4. The van der Waals surface area contributed by atoms with Gasteiger partial charge in [0.15, 0.2) is 0 Å². The van der Waals surface area contributed by atoms with Crippen molar-refractivity contribution in [2.45, 2.75) is 39.0 Å². The topological polar surface area (TPSA) is 29.4 Å². The lowest BCUT2D eigenvalue weighted by Crippen LogP contribution is -1.97. The van der Waals surface area contributed by atoms with Crippen LogP contribution in [-0.4, -0.2) is 12.1 Å². The number of rotatable bonds is 2. The summed E-state index contributed by atoms with van der Waals surface area (Å²) < 4.78 is 0. The van der Waals surface area contributed by atoms with E-state index in [1.807, 2.05) is 6.08 Å². The summed E-state index contributed by atoms with van der Waals surface area (Å²) in [5.74, 6) is 0.0156. The Morgan fingerprint density at radius 3 is 3.08 bits per heavy atom. The third-order valence-electron chi connectivity index (χ3n) is 1.99. The van der Waals surface area contributed by atoms with Gasteiger partial charge in [0.05, 0.1) is 0 Å². The Hall–Kier alpha value is -0.920. The minimum absolute atomic E-state index is 0.0156. The van der Waals surface area contributed by atoms with Crippen molar-refractivity contribution in [3.8, 4) is 0 Å². The first-order valence-electron chi connectivity index (χ1n) is 4.58. The molecule has 0 aromatic carbocycles. The van der Waals surface area contributed by atoms with Crippen molar-refractivity contribution in [3.05, 3.63) is 11.6 Å². The van der Waals surface area contributed by atoms with Gasteiger partial charge in [0.2, 0.25) is 5.91 Å². The van der Waals surface area contributed by atoms with Crippen LogP contribution in [0.1, 0.15) is 39.0 Å². The maximum atomic E-state index is 10.9. The highest BCUT2D eigenvalue weighted by Crippen LogP contribution is 2.14. The van der Waals surface area contributed by atoms with Crippen LogP contribution >= 0.6 is 0 Å². The van der Waals surface area contributed by atoms with E-state index in [0.717, 1.165) is 19.3 Å². The molecule has 0 saturated heterocycles. The number of allylic oxidation sites excluding steroid dienone is 2. The molecule has 1 rings (SSSR count). The molecule has 66 valence electrons. The first-order valence-corrected chi connectivity index (χ1v) is 4.58. The maximum Gasteiger partial charge on any atom is 0.245 e. The van der Waals surface area contributed by atoms with Gasteiger partial charge < -0.3 is 0 Å². The largest absolute Gasteiger partial charge is 0.273 e. The highest BCUT2D eigenvalue weighted by molar-refractivity contribution is 5.89. The van der Waals surface area contributed by atoms with Crippen LogP contribution in [0.4, 0.5) is 0 Å². The highest BCUT2D eigenvalue weighted by atomic mass is 16.1. The first kappa shape index (κ1) is 9.17. The number of carbonyl (C=O) groups is 1. The Balaban J connectivity index is 2.56. The van der Waals surface area contributed by atoms with Gasteiger partial charge in [-0.25, -0.2) is 4.99 Å². The molecular formula is C10H15NO. The number of hydrogen-bond donors (Lipinski definition) is 0. The monoisotopic (exact) mass is 165 g/mol. The van der Waals surface area contributed by atoms with Crippen LogP contribution < -0.4 is 0 Å². The third kappa shape index (κ3) is 2.99. The van der Waals surface area contributed by atoms with Crippen LogP contribution in [0.2, 0.25) is 0 Å². The number of carbonyl (C=O) groups excluding carboxylic acids is 1. The van der Waals surface area contributed by atoms with Crippen molar-refractivity contribution in [3.63, 3.8) is 0 Å². The first-order chi connectivity index (χ1) is 5.83. The zero-order valence-electron chi connectivity index (χ0n) is 7.55. The maximum absolute atomic E-state index is 10.9. The summed E-state index contributed by atoms with van der Waals surface area (Å²) >= 11 is 0. The van der Waals surface area contributed by atoms with E-state index in [1.54, 1.807) is 6.21 Å². The van der Waals surface area contributed by atoms with Crippen molar-refractivity contribution in [2.24, 2.45) is 4.99 Å². The van der Waals surface area contributed by atoms with Gasteiger partial charge in [-0.05, 0) is 25.3 Å². The van der Waals surface area contributed by atoms with Gasteiger partial charge in [-0.3, -0.25) is 4.79 Å². The van der Waals surface area contributed by atoms with Gasteiger partial charge in [0, 0.05) is 12.6 Å². The molecule has 0 spiro atoms. The molecule has 12 heavy (non-hydrogen) atoms. The number of amides is 1. The second-order valence-corrected chi connectivity index (χ2v) is 3.10. The lowest BCUT2D eigenvalue weighted by atomic mass is 10.0. The molecule has 2 nitrogen and oxygen atoms in total. The molecule has 1 aliphatic rings. The lowest BCUT2D eigenvalue weighted by Gasteiger charge is -2.05. The summed E-state index contributed by atoms with van der Waals surface area (Å²) in [7, 11) is 0. The van der Waals surface area contributed by atoms with Crippen LogP contribution in [0.25, 0.3) is 0 Å². The standard InChI is InChI=1S/C10H15NO/c1-2-4-9-5-3-6-10(12)11-8-7-9/h7-8H,2-6H2,1H3/b9-7-,11-8-. The second-order valence-electron chi connectivity index (χ2n) is 3.10. The Morgan fingerprint density at radius 2 is 2.33 bits per heavy atom. The van der Waals surface area contributed by atoms with E-state index in [2.05, 4.69) is 11.9 Å². The minimum atomic E-state index is 0.0156. The molecule has 0 aliphatic carbocycles. The smallest absolute Gasteiger partial charge is 0.245 e. The molecule has 0 radical (unpaired) electrons. The molecular weight excluding hydrogens is 150 g/mol. The molecule has 1 heterocycles. The van der Waals surface area contributed by atoms with E-state index in [1.165, 1.54) is 12.0 Å². The van der Waals surface area contributed by atoms with Gasteiger partial charge in [0.1, 0.15) is 0 Å². The van der Waals surface area contributed by atoms with Gasteiger partial charge in [0.25, 0.3) is 0 Å². The Labute approximate surface area is 73.4 Å². The average Bonchev–Trinajstić information content (AvgIpc) is 2.00. The molecule has 0 N–H and O–H groups in total. The molecule has 0 saturated carbocycles. The Morgan fingerprint density at radius 1 is 1.50 bits per heavy atom. The van der Waals surface area contributed by atoms with Gasteiger partial charge in [-0.1, -0.05) is 18.9 Å². The summed E-state index contributed by atoms with van der Waals surface area (Å²) in [5.41, 5.74) is 1.42. The quantitative estimate of drug-likeness (QED) is 0.618. The van der Waals surface area contributed by atoms with Crippen molar-refractivity contribution < 1.29 is 4.79 Å². The van der Waals surface area contributed by atoms with Gasteiger partial charge in [-0.15, -0.1) is 0 Å². The van der Waals surface area contributed by atoms with E-state index >= 15 is 0 Å². The van der Waals surface area contributed by atoms with E-state index < -0.39 is 0 Å². The highest BCUT2D eigenvalue weighted by Gasteiger charge is 2.03. The molecule has 1 aliphatic heterocycles. The van der Waals surface area contributed by atoms with Gasteiger partial charge in [-0.2, -0.15) is 0 Å². The molecule has 0 aromatic heterocycles. The fourth-order valence-corrected chi connectivity index (χ4v) is 1.37. The molecule has 0 fully saturated rings. The lowest BCUT2D eigenvalue weighted by molar-refractivity contribution is -0.117. The zero-order chi connectivity index (χ0) is 8.81. The molecule has 0 aromatic rings. The molecule has 0 bridgehead atoms. The molecule has 1 amide bonds. The predicted octanol–water partition coefficient (Wildman–Crippen LogP) is 2.49. The molecule has 0 atom stereocenters. The van der Waals surface area contributed by atoms with Gasteiger partial charge >= 0.3 is 0 Å². The van der Waals surface area contributed by atoms with E-state index in [4.69, 9.17) is 0 Å². The van der Waals surface area contributed by atoms with Crippen LogP contribution in [-0.2, 0) is 4.79 Å². The summed E-state index contributed by atoms with van der Waals surface area (Å²) in [4.78, 5) is 14.6. The van der Waals surface area contributed by atoms with E-state index in [9.17, 15) is 4.79 Å². The zero-order valence-corrected chi connectivity index (χ0v) is 7.55. The third-order valence-corrected chi connectivity index (χ3v) is 1.99. The van der Waals surface area contributed by atoms with Crippen molar-refractivity contribution in [1.29, 1.82) is 0 Å². The average molecular weight is 165 g/mol. The molecule has 2 heteroatoms. The Kier molecular flexibility index (Phi) is 3.71. The summed E-state index contributed by atoms with van der Waals surface area (Å²) in [6.07, 6.45) is 8.58. The number of hydrogen-bond acceptors (Lipinski definition) is 1. The summed E-state index contributed by atoms with van der Waals surface area (Å²) in [5, 5.41) is 0. The molecule has 0 unspecified atom stereocenters. The second kappa shape index (κ2) is 4.86. The fraction of sp³-hybridized carbons (Fsp3) is 0.600. The fourth-order valence-electron chi connectivity index (χ4n) is 1.37. The summed E-state index contributed by atoms with van der Waals surface area (Å²) in [6, 6.07) is 0. The summed E-state index contributed by atoms with van der Waals surface area (Å²) in [6.45, 7) is 2.17. The Bertz CT molecular complexity index is 216.